The molecule has 4 heteroatoms. The Balaban J connectivity index is 2.17. The van der Waals surface area contributed by atoms with Gasteiger partial charge in [-0.05, 0) is 30.9 Å². The highest BCUT2D eigenvalue weighted by atomic mass is 16.4. The van der Waals surface area contributed by atoms with Crippen LogP contribution in [0.4, 0.5) is 5.69 Å². The van der Waals surface area contributed by atoms with Crippen molar-refractivity contribution in [3.8, 4) is 0 Å². The maximum atomic E-state index is 12.5. The van der Waals surface area contributed by atoms with Crippen molar-refractivity contribution in [1.29, 1.82) is 0 Å². The Morgan fingerprint density at radius 3 is 2.32 bits per heavy atom. The summed E-state index contributed by atoms with van der Waals surface area (Å²) in [6, 6.07) is 9.33. The van der Waals surface area contributed by atoms with Gasteiger partial charge in [0.1, 0.15) is 0 Å². The van der Waals surface area contributed by atoms with E-state index in [-0.39, 0.29) is 5.91 Å². The first-order valence-electron chi connectivity index (χ1n) is 6.56. The Labute approximate surface area is 113 Å². The van der Waals surface area contributed by atoms with E-state index in [4.69, 9.17) is 0 Å². The largest absolute Gasteiger partial charge is 0.481 e. The first-order chi connectivity index (χ1) is 9.00. The first-order valence-corrected chi connectivity index (χ1v) is 6.56. The molecule has 4 nitrogen and oxygen atoms in total. The fraction of sp³-hybridized carbons (Fsp3) is 0.467. The number of amides is 1. The van der Waals surface area contributed by atoms with Gasteiger partial charge in [0.2, 0.25) is 5.91 Å². The van der Waals surface area contributed by atoms with E-state index in [1.165, 1.54) is 0 Å². The molecule has 0 heterocycles. The number of benzene rings is 1. The van der Waals surface area contributed by atoms with Crippen molar-refractivity contribution in [2.45, 2.75) is 19.8 Å². The molecule has 0 saturated heterocycles. The summed E-state index contributed by atoms with van der Waals surface area (Å²) in [6.45, 7) is 2.01. The molecular formula is C15H19NO3. The number of hydrogen-bond donors (Lipinski definition) is 1. The molecule has 19 heavy (non-hydrogen) atoms. The van der Waals surface area contributed by atoms with Crippen LogP contribution in [0.25, 0.3) is 0 Å². The van der Waals surface area contributed by atoms with Crippen molar-refractivity contribution in [1.82, 2.24) is 0 Å². The zero-order valence-corrected chi connectivity index (χ0v) is 11.2. The molecule has 0 radical (unpaired) electrons. The fourth-order valence-electron chi connectivity index (χ4n) is 2.87. The standard InChI is InChI=1S/C15H19NO3/c1-10-8-12(13(9-10)15(18)19)14(17)16(2)11-6-4-3-5-7-11/h3-7,10,12-13H,8-9H2,1-2H3,(H,18,19)/t10?,12-,13+/m0/s1. The maximum Gasteiger partial charge on any atom is 0.307 e. The van der Waals surface area contributed by atoms with E-state index in [0.29, 0.717) is 18.8 Å². The predicted octanol–water partition coefficient (Wildman–Crippen LogP) is 2.40. The first kappa shape index (κ1) is 13.6. The molecule has 1 aromatic rings. The van der Waals surface area contributed by atoms with Crippen molar-refractivity contribution in [3.63, 3.8) is 0 Å². The minimum atomic E-state index is -0.857. The minimum absolute atomic E-state index is 0.0945. The van der Waals surface area contributed by atoms with E-state index in [9.17, 15) is 14.7 Å². The predicted molar refractivity (Wildman–Crippen MR) is 72.9 cm³/mol. The molecule has 1 fully saturated rings. The molecule has 1 unspecified atom stereocenters. The summed E-state index contributed by atoms with van der Waals surface area (Å²) in [5, 5.41) is 9.23. The topological polar surface area (TPSA) is 57.6 Å². The zero-order chi connectivity index (χ0) is 14.0. The van der Waals surface area contributed by atoms with Crippen LogP contribution in [0.15, 0.2) is 30.3 Å². The van der Waals surface area contributed by atoms with Crippen molar-refractivity contribution in [3.05, 3.63) is 30.3 Å². The molecule has 0 aliphatic heterocycles. The van der Waals surface area contributed by atoms with Gasteiger partial charge < -0.3 is 10.0 Å². The number of aliphatic carboxylic acids is 1. The molecule has 1 saturated carbocycles. The Morgan fingerprint density at radius 1 is 1.16 bits per heavy atom. The third-order valence-corrected chi connectivity index (χ3v) is 3.91. The third kappa shape index (κ3) is 2.78. The average Bonchev–Trinajstić information content (AvgIpc) is 2.80. The second-order valence-corrected chi connectivity index (χ2v) is 5.36. The average molecular weight is 261 g/mol. The molecule has 1 aliphatic carbocycles. The van der Waals surface area contributed by atoms with Gasteiger partial charge >= 0.3 is 5.97 Å². The number of anilines is 1. The molecule has 2 rings (SSSR count). The van der Waals surface area contributed by atoms with E-state index >= 15 is 0 Å². The number of para-hydroxylation sites is 1. The molecular weight excluding hydrogens is 242 g/mol. The maximum absolute atomic E-state index is 12.5. The van der Waals surface area contributed by atoms with Gasteiger partial charge in [-0.15, -0.1) is 0 Å². The molecule has 102 valence electrons. The van der Waals surface area contributed by atoms with Crippen LogP contribution >= 0.6 is 0 Å². The number of carbonyl (C=O) groups is 2. The fourth-order valence-corrected chi connectivity index (χ4v) is 2.87. The second kappa shape index (κ2) is 5.43. The van der Waals surface area contributed by atoms with E-state index in [2.05, 4.69) is 0 Å². The number of rotatable bonds is 3. The monoisotopic (exact) mass is 261 g/mol. The molecule has 1 aliphatic rings. The lowest BCUT2D eigenvalue weighted by Crippen LogP contribution is -2.36. The van der Waals surface area contributed by atoms with E-state index in [1.807, 2.05) is 37.3 Å². The van der Waals surface area contributed by atoms with Gasteiger partial charge in [0, 0.05) is 12.7 Å². The molecule has 1 amide bonds. The van der Waals surface area contributed by atoms with Gasteiger partial charge in [-0.1, -0.05) is 25.1 Å². The number of carboxylic acid groups (broad SMARTS) is 1. The molecule has 0 spiro atoms. The lowest BCUT2D eigenvalue weighted by Gasteiger charge is -2.23. The van der Waals surface area contributed by atoms with Crippen LogP contribution in [0.5, 0.6) is 0 Å². The third-order valence-electron chi connectivity index (χ3n) is 3.91. The SMILES string of the molecule is CC1C[C@H](C(=O)N(C)c2ccccc2)[C@H](C(=O)O)C1. The van der Waals surface area contributed by atoms with Crippen molar-refractivity contribution in [2.24, 2.45) is 17.8 Å². The zero-order valence-electron chi connectivity index (χ0n) is 11.2. The summed E-state index contributed by atoms with van der Waals surface area (Å²) in [6.07, 6.45) is 1.25. The van der Waals surface area contributed by atoms with Crippen LogP contribution in [0, 0.1) is 17.8 Å². The van der Waals surface area contributed by atoms with E-state index in [1.54, 1.807) is 11.9 Å². The van der Waals surface area contributed by atoms with Crippen molar-refractivity contribution in [2.75, 3.05) is 11.9 Å². The van der Waals surface area contributed by atoms with Gasteiger partial charge in [0.15, 0.2) is 0 Å². The van der Waals surface area contributed by atoms with Gasteiger partial charge in [-0.2, -0.15) is 0 Å². The van der Waals surface area contributed by atoms with Gasteiger partial charge in [-0.3, -0.25) is 9.59 Å². The number of nitrogens with zero attached hydrogens (tertiary/aromatic N) is 1. The summed E-state index contributed by atoms with van der Waals surface area (Å²) in [7, 11) is 1.71. The van der Waals surface area contributed by atoms with Crippen LogP contribution in [0.1, 0.15) is 19.8 Å². The Morgan fingerprint density at radius 2 is 1.74 bits per heavy atom. The Kier molecular flexibility index (Phi) is 3.88. The van der Waals surface area contributed by atoms with E-state index in [0.717, 1.165) is 5.69 Å². The summed E-state index contributed by atoms with van der Waals surface area (Å²) < 4.78 is 0. The van der Waals surface area contributed by atoms with Gasteiger partial charge in [0.25, 0.3) is 0 Å². The quantitative estimate of drug-likeness (QED) is 0.909. The van der Waals surface area contributed by atoms with E-state index < -0.39 is 17.8 Å². The number of carbonyl (C=O) groups excluding carboxylic acids is 1. The lowest BCUT2D eigenvalue weighted by atomic mass is 9.94. The summed E-state index contributed by atoms with van der Waals surface area (Å²) in [4.78, 5) is 25.3. The highest BCUT2D eigenvalue weighted by Crippen LogP contribution is 2.37. The number of carboxylic acids is 1. The van der Waals surface area contributed by atoms with Gasteiger partial charge in [0.05, 0.1) is 11.8 Å². The molecule has 0 bridgehead atoms. The van der Waals surface area contributed by atoms with Crippen LogP contribution in [0.3, 0.4) is 0 Å². The molecule has 1 N–H and O–H groups in total. The van der Waals surface area contributed by atoms with Crippen molar-refractivity contribution >= 4 is 17.6 Å². The van der Waals surface area contributed by atoms with Gasteiger partial charge in [-0.25, -0.2) is 0 Å². The smallest absolute Gasteiger partial charge is 0.307 e. The molecule has 3 atom stereocenters. The van der Waals surface area contributed by atoms with Crippen molar-refractivity contribution < 1.29 is 14.7 Å². The second-order valence-electron chi connectivity index (χ2n) is 5.36. The summed E-state index contributed by atoms with van der Waals surface area (Å²) >= 11 is 0. The molecule has 0 aromatic heterocycles. The lowest BCUT2D eigenvalue weighted by molar-refractivity contribution is -0.145. The highest BCUT2D eigenvalue weighted by Gasteiger charge is 2.42. The highest BCUT2D eigenvalue weighted by molar-refractivity contribution is 5.97. The van der Waals surface area contributed by atoms with Crippen LogP contribution < -0.4 is 4.90 Å². The Hall–Kier alpha value is -1.84. The van der Waals surface area contributed by atoms with Crippen LogP contribution in [-0.2, 0) is 9.59 Å². The van der Waals surface area contributed by atoms with Crippen LogP contribution in [-0.4, -0.2) is 24.0 Å². The van der Waals surface area contributed by atoms with Crippen LogP contribution in [0.2, 0.25) is 0 Å². The number of hydrogen-bond acceptors (Lipinski definition) is 2. The normalized spacial score (nSPS) is 26.1. The Bertz CT molecular complexity index is 472. The summed E-state index contributed by atoms with van der Waals surface area (Å²) in [5.41, 5.74) is 0.802. The summed E-state index contributed by atoms with van der Waals surface area (Å²) in [5.74, 6) is -1.61. The minimum Gasteiger partial charge on any atom is -0.481 e. The molecule has 1 aromatic carbocycles.